The number of halogens is 2. The minimum absolute atomic E-state index is 0.400. The third-order valence-electron chi connectivity index (χ3n) is 3.74. The van der Waals surface area contributed by atoms with Crippen molar-refractivity contribution in [2.24, 2.45) is 0 Å². The molecule has 1 saturated heterocycles. The number of para-hydroxylation sites is 2. The molecular weight excluding hydrogens is 295 g/mol. The van der Waals surface area contributed by atoms with Gasteiger partial charge in [-0.1, -0.05) is 35.3 Å². The Balaban J connectivity index is 1.65. The van der Waals surface area contributed by atoms with Gasteiger partial charge >= 0.3 is 0 Å². The zero-order valence-corrected chi connectivity index (χ0v) is 12.6. The molecule has 2 heterocycles. The number of likely N-dealkylation sites (tertiary alicyclic amines) is 1. The Morgan fingerprint density at radius 1 is 1.35 bits per heavy atom. The fourth-order valence-electron chi connectivity index (χ4n) is 2.65. The molecule has 0 aliphatic carbocycles. The minimum Gasteiger partial charge on any atom is -0.440 e. The van der Waals surface area contributed by atoms with Gasteiger partial charge in [0, 0.05) is 23.0 Å². The first kappa shape index (κ1) is 13.9. The summed E-state index contributed by atoms with van der Waals surface area (Å²) in [5, 5.41) is 0.687. The molecule has 0 spiro atoms. The summed E-state index contributed by atoms with van der Waals surface area (Å²) in [6.07, 6.45) is 2.08. The first-order valence-electron chi connectivity index (χ1n) is 6.79. The number of nitrogens with zero attached hydrogens (tertiary/aromatic N) is 2. The number of rotatable bonds is 3. The maximum absolute atomic E-state index is 5.96. The standard InChI is InChI=1S/C15H16Cl2N2O/c16-9-12(17)10-19-7-5-11(6-8-19)15-18-13-3-1-2-4-14(13)20-15/h1-4,9,11H,5-8,10H2/b12-9-. The van der Waals surface area contributed by atoms with Gasteiger partial charge in [-0.05, 0) is 38.1 Å². The van der Waals surface area contributed by atoms with Gasteiger partial charge in [0.05, 0.1) is 0 Å². The van der Waals surface area contributed by atoms with Crippen molar-refractivity contribution in [3.63, 3.8) is 0 Å². The average molecular weight is 311 g/mol. The largest absolute Gasteiger partial charge is 0.440 e. The second-order valence-corrected chi connectivity index (χ2v) is 5.83. The van der Waals surface area contributed by atoms with Gasteiger partial charge in [-0.15, -0.1) is 0 Å². The summed E-state index contributed by atoms with van der Waals surface area (Å²) < 4.78 is 5.86. The van der Waals surface area contributed by atoms with Crippen molar-refractivity contribution in [3.05, 3.63) is 40.7 Å². The van der Waals surface area contributed by atoms with Gasteiger partial charge in [-0.25, -0.2) is 4.98 Å². The summed E-state index contributed by atoms with van der Waals surface area (Å²) >= 11 is 11.6. The van der Waals surface area contributed by atoms with Crippen molar-refractivity contribution in [1.29, 1.82) is 0 Å². The highest BCUT2D eigenvalue weighted by Gasteiger charge is 2.24. The first-order valence-corrected chi connectivity index (χ1v) is 7.60. The Morgan fingerprint density at radius 2 is 2.10 bits per heavy atom. The van der Waals surface area contributed by atoms with Gasteiger partial charge in [0.2, 0.25) is 0 Å². The van der Waals surface area contributed by atoms with E-state index in [1.807, 2.05) is 24.3 Å². The Hall–Kier alpha value is -1.03. The van der Waals surface area contributed by atoms with Gasteiger partial charge in [-0.2, -0.15) is 0 Å². The molecule has 0 amide bonds. The van der Waals surface area contributed by atoms with Crippen molar-refractivity contribution < 1.29 is 4.42 Å². The van der Waals surface area contributed by atoms with E-state index in [1.165, 1.54) is 5.54 Å². The lowest BCUT2D eigenvalue weighted by atomic mass is 9.97. The van der Waals surface area contributed by atoms with E-state index >= 15 is 0 Å². The molecule has 1 fully saturated rings. The zero-order chi connectivity index (χ0) is 13.9. The SMILES string of the molecule is Cl/C=C(\Cl)CN1CCC(c2nc3ccccc3o2)CC1. The molecular formula is C15H16Cl2N2O. The highest BCUT2D eigenvalue weighted by molar-refractivity contribution is 6.36. The lowest BCUT2D eigenvalue weighted by Gasteiger charge is -2.30. The van der Waals surface area contributed by atoms with Crippen LogP contribution < -0.4 is 0 Å². The van der Waals surface area contributed by atoms with Crippen LogP contribution in [0.3, 0.4) is 0 Å². The van der Waals surface area contributed by atoms with E-state index in [1.54, 1.807) is 0 Å². The number of piperidine rings is 1. The van der Waals surface area contributed by atoms with Crippen LogP contribution in [0.4, 0.5) is 0 Å². The van der Waals surface area contributed by atoms with Crippen LogP contribution >= 0.6 is 23.2 Å². The van der Waals surface area contributed by atoms with Crippen LogP contribution in [-0.4, -0.2) is 29.5 Å². The molecule has 1 aliphatic rings. The highest BCUT2D eigenvalue weighted by atomic mass is 35.5. The molecule has 0 N–H and O–H groups in total. The molecule has 0 atom stereocenters. The summed E-state index contributed by atoms with van der Waals surface area (Å²) in [6.45, 7) is 2.71. The van der Waals surface area contributed by atoms with Gasteiger partial charge in [-0.3, -0.25) is 4.90 Å². The normalized spacial score (nSPS) is 18.8. The van der Waals surface area contributed by atoms with Crippen LogP contribution in [0.15, 0.2) is 39.3 Å². The second kappa shape index (κ2) is 6.17. The number of benzene rings is 1. The summed E-state index contributed by atoms with van der Waals surface area (Å²) in [5.74, 6) is 1.27. The van der Waals surface area contributed by atoms with Crippen LogP contribution in [0.25, 0.3) is 11.1 Å². The van der Waals surface area contributed by atoms with Gasteiger partial charge in [0.25, 0.3) is 0 Å². The predicted molar refractivity (Wildman–Crippen MR) is 82.2 cm³/mol. The zero-order valence-electron chi connectivity index (χ0n) is 11.1. The number of aromatic nitrogens is 1. The van der Waals surface area contributed by atoms with E-state index < -0.39 is 0 Å². The third-order valence-corrected chi connectivity index (χ3v) is 4.34. The second-order valence-electron chi connectivity index (χ2n) is 5.13. The van der Waals surface area contributed by atoms with E-state index in [0.717, 1.165) is 49.5 Å². The minimum atomic E-state index is 0.400. The van der Waals surface area contributed by atoms with Crippen molar-refractivity contribution in [1.82, 2.24) is 9.88 Å². The monoisotopic (exact) mass is 310 g/mol. The first-order chi connectivity index (χ1) is 9.76. The molecule has 1 aliphatic heterocycles. The molecule has 5 heteroatoms. The van der Waals surface area contributed by atoms with Crippen LogP contribution in [0.5, 0.6) is 0 Å². The van der Waals surface area contributed by atoms with E-state index in [4.69, 9.17) is 27.6 Å². The van der Waals surface area contributed by atoms with Crippen LogP contribution in [0.2, 0.25) is 0 Å². The van der Waals surface area contributed by atoms with Crippen molar-refractivity contribution in [2.45, 2.75) is 18.8 Å². The molecule has 2 aromatic rings. The quantitative estimate of drug-likeness (QED) is 0.845. The van der Waals surface area contributed by atoms with Gasteiger partial charge < -0.3 is 4.42 Å². The number of hydrogen-bond acceptors (Lipinski definition) is 3. The van der Waals surface area contributed by atoms with E-state index in [-0.39, 0.29) is 0 Å². The maximum Gasteiger partial charge on any atom is 0.198 e. The molecule has 1 aromatic carbocycles. The van der Waals surface area contributed by atoms with Crippen LogP contribution in [-0.2, 0) is 0 Å². The van der Waals surface area contributed by atoms with Crippen molar-refractivity contribution >= 4 is 34.3 Å². The highest BCUT2D eigenvalue weighted by Crippen LogP contribution is 2.30. The molecule has 0 saturated carbocycles. The predicted octanol–water partition coefficient (Wildman–Crippen LogP) is 4.33. The lowest BCUT2D eigenvalue weighted by Crippen LogP contribution is -2.33. The molecule has 3 rings (SSSR count). The van der Waals surface area contributed by atoms with Crippen LogP contribution in [0, 0.1) is 0 Å². The Kier molecular flexibility index (Phi) is 4.29. The van der Waals surface area contributed by atoms with E-state index in [9.17, 15) is 0 Å². The van der Waals surface area contributed by atoms with Gasteiger partial charge in [0.1, 0.15) is 5.52 Å². The number of oxazole rings is 1. The van der Waals surface area contributed by atoms with E-state index in [2.05, 4.69) is 9.88 Å². The topological polar surface area (TPSA) is 29.3 Å². The smallest absolute Gasteiger partial charge is 0.198 e. The van der Waals surface area contributed by atoms with Gasteiger partial charge in [0.15, 0.2) is 11.5 Å². The third kappa shape index (κ3) is 3.00. The Bertz CT molecular complexity index is 582. The van der Waals surface area contributed by atoms with Crippen molar-refractivity contribution in [2.75, 3.05) is 19.6 Å². The molecule has 1 aromatic heterocycles. The van der Waals surface area contributed by atoms with Crippen molar-refractivity contribution in [3.8, 4) is 0 Å². The summed E-state index contributed by atoms with van der Waals surface area (Å²) in [6, 6.07) is 7.91. The number of hydrogen-bond donors (Lipinski definition) is 0. The Morgan fingerprint density at radius 3 is 2.80 bits per heavy atom. The molecule has 0 unspecified atom stereocenters. The lowest BCUT2D eigenvalue weighted by molar-refractivity contribution is 0.217. The summed E-state index contributed by atoms with van der Waals surface area (Å²) in [5.41, 5.74) is 3.25. The fraction of sp³-hybridized carbons (Fsp3) is 0.400. The number of fused-ring (bicyclic) bond motifs is 1. The molecule has 0 bridgehead atoms. The fourth-order valence-corrected chi connectivity index (χ4v) is 2.89. The molecule has 20 heavy (non-hydrogen) atoms. The Labute approximate surface area is 128 Å². The van der Waals surface area contributed by atoms with Crippen LogP contribution in [0.1, 0.15) is 24.7 Å². The molecule has 106 valence electrons. The summed E-state index contributed by atoms with van der Waals surface area (Å²) in [7, 11) is 0. The van der Waals surface area contributed by atoms with E-state index in [0.29, 0.717) is 11.0 Å². The average Bonchev–Trinajstić information content (AvgIpc) is 2.91. The molecule has 0 radical (unpaired) electrons. The summed E-state index contributed by atoms with van der Waals surface area (Å²) in [4.78, 5) is 6.90. The molecule has 3 nitrogen and oxygen atoms in total. The maximum atomic E-state index is 5.96.